The number of halogens is 1. The Morgan fingerprint density at radius 2 is 1.92 bits per heavy atom. The van der Waals surface area contributed by atoms with Crippen molar-refractivity contribution in [3.63, 3.8) is 0 Å². The second-order valence-corrected chi connectivity index (χ2v) is 5.76. The Morgan fingerprint density at radius 1 is 1.19 bits per heavy atom. The van der Waals surface area contributed by atoms with Crippen LogP contribution in [0.25, 0.3) is 0 Å². The molecule has 1 aromatic carbocycles. The van der Waals surface area contributed by atoms with Crippen LogP contribution in [0.1, 0.15) is 38.1 Å². The molecule has 2 N–H and O–H groups in total. The Morgan fingerprint density at radius 3 is 2.50 bits per heavy atom. The van der Waals surface area contributed by atoms with Gasteiger partial charge < -0.3 is 24.6 Å². The molecule has 1 heterocycles. The first-order valence-electron chi connectivity index (χ1n) is 8.30. The molecule has 0 aliphatic rings. The molecule has 26 heavy (non-hydrogen) atoms. The van der Waals surface area contributed by atoms with E-state index >= 15 is 0 Å². The topological polar surface area (TPSA) is 80.9 Å². The van der Waals surface area contributed by atoms with Crippen molar-refractivity contribution in [2.75, 3.05) is 26.1 Å². The first-order chi connectivity index (χ1) is 12.1. The fourth-order valence-electron chi connectivity index (χ4n) is 2.19. The van der Waals surface area contributed by atoms with E-state index in [1.54, 1.807) is 14.2 Å². The maximum atomic E-state index is 5.32. The SMILES string of the molecule is CCNC(=NCc1cc(C(C)C)no1)Nc1ccc(OC)c(OC)c1.I. The maximum Gasteiger partial charge on any atom is 0.196 e. The summed E-state index contributed by atoms with van der Waals surface area (Å²) in [5.41, 5.74) is 1.78. The number of guanidine groups is 1. The standard InChI is InChI=1S/C18H26N4O3.HI/c1-6-19-18(20-11-14-10-15(12(2)3)22-25-14)21-13-7-8-16(23-4)17(9-13)24-5;/h7-10,12H,6,11H2,1-5H3,(H2,19,20,21);1H. The van der Waals surface area contributed by atoms with Crippen molar-refractivity contribution in [1.29, 1.82) is 0 Å². The molecule has 0 aliphatic carbocycles. The molecule has 2 rings (SSSR count). The third kappa shape index (κ3) is 6.08. The van der Waals surface area contributed by atoms with Crippen molar-refractivity contribution in [3.05, 3.63) is 35.7 Å². The molecule has 8 heteroatoms. The second-order valence-electron chi connectivity index (χ2n) is 5.76. The molecule has 0 fully saturated rings. The first-order valence-corrected chi connectivity index (χ1v) is 8.30. The van der Waals surface area contributed by atoms with E-state index in [1.165, 1.54) is 0 Å². The molecule has 0 unspecified atom stereocenters. The summed E-state index contributed by atoms with van der Waals surface area (Å²) in [6.07, 6.45) is 0. The number of rotatable bonds is 7. The monoisotopic (exact) mass is 474 g/mol. The molecule has 0 aliphatic heterocycles. The molecule has 0 spiro atoms. The summed E-state index contributed by atoms with van der Waals surface area (Å²) < 4.78 is 15.9. The van der Waals surface area contributed by atoms with Crippen molar-refractivity contribution >= 4 is 35.6 Å². The minimum absolute atomic E-state index is 0. The summed E-state index contributed by atoms with van der Waals surface area (Å²) in [6, 6.07) is 7.54. The highest BCUT2D eigenvalue weighted by atomic mass is 127. The van der Waals surface area contributed by atoms with Crippen molar-refractivity contribution in [3.8, 4) is 11.5 Å². The third-order valence-corrected chi connectivity index (χ3v) is 3.55. The summed E-state index contributed by atoms with van der Waals surface area (Å²) in [5.74, 6) is 3.04. The van der Waals surface area contributed by atoms with Gasteiger partial charge in [-0.3, -0.25) is 0 Å². The smallest absolute Gasteiger partial charge is 0.196 e. The number of anilines is 1. The van der Waals surface area contributed by atoms with E-state index in [2.05, 4.69) is 34.6 Å². The normalized spacial score (nSPS) is 11.1. The van der Waals surface area contributed by atoms with E-state index in [0.29, 0.717) is 29.9 Å². The van der Waals surface area contributed by atoms with E-state index in [1.807, 2.05) is 31.2 Å². The van der Waals surface area contributed by atoms with Crippen molar-refractivity contribution in [2.45, 2.75) is 33.2 Å². The highest BCUT2D eigenvalue weighted by Gasteiger charge is 2.09. The summed E-state index contributed by atoms with van der Waals surface area (Å²) in [4.78, 5) is 4.54. The van der Waals surface area contributed by atoms with E-state index in [0.717, 1.165) is 23.7 Å². The number of benzene rings is 1. The molecule has 0 atom stereocenters. The van der Waals surface area contributed by atoms with Gasteiger partial charge in [0.2, 0.25) is 0 Å². The molecule has 0 saturated carbocycles. The van der Waals surface area contributed by atoms with Gasteiger partial charge in [0.25, 0.3) is 0 Å². The Hall–Kier alpha value is -1.97. The largest absolute Gasteiger partial charge is 0.493 e. The van der Waals surface area contributed by atoms with Crippen LogP contribution >= 0.6 is 24.0 Å². The van der Waals surface area contributed by atoms with E-state index in [-0.39, 0.29) is 24.0 Å². The molecule has 144 valence electrons. The molecule has 1 aromatic heterocycles. The lowest BCUT2D eigenvalue weighted by atomic mass is 10.1. The summed E-state index contributed by atoms with van der Waals surface area (Å²) in [6.45, 7) is 7.31. The van der Waals surface area contributed by atoms with Gasteiger partial charge in [-0.2, -0.15) is 0 Å². The second kappa shape index (κ2) is 10.9. The Bertz CT molecular complexity index is 716. The number of aromatic nitrogens is 1. The fraction of sp³-hybridized carbons (Fsp3) is 0.444. The number of ether oxygens (including phenoxy) is 2. The quantitative estimate of drug-likeness (QED) is 0.359. The van der Waals surface area contributed by atoms with Gasteiger partial charge >= 0.3 is 0 Å². The van der Waals surface area contributed by atoms with Crippen LogP contribution in [0.5, 0.6) is 11.5 Å². The highest BCUT2D eigenvalue weighted by Crippen LogP contribution is 2.29. The highest BCUT2D eigenvalue weighted by molar-refractivity contribution is 14.0. The molecule has 0 saturated heterocycles. The lowest BCUT2D eigenvalue weighted by Crippen LogP contribution is -2.30. The van der Waals surface area contributed by atoms with Crippen LogP contribution in [0.15, 0.2) is 33.8 Å². The van der Waals surface area contributed by atoms with Crippen LogP contribution in [0.4, 0.5) is 5.69 Å². The lowest BCUT2D eigenvalue weighted by Gasteiger charge is -2.13. The molecule has 0 bridgehead atoms. The van der Waals surface area contributed by atoms with Gasteiger partial charge in [0, 0.05) is 24.4 Å². The number of hydrogen-bond acceptors (Lipinski definition) is 5. The average molecular weight is 474 g/mol. The molecular formula is C18H27IN4O3. The number of nitrogens with zero attached hydrogens (tertiary/aromatic N) is 2. The van der Waals surface area contributed by atoms with E-state index < -0.39 is 0 Å². The third-order valence-electron chi connectivity index (χ3n) is 3.55. The van der Waals surface area contributed by atoms with Gasteiger partial charge in [0.05, 0.1) is 19.9 Å². The molecular weight excluding hydrogens is 447 g/mol. The van der Waals surface area contributed by atoms with Gasteiger partial charge in [-0.05, 0) is 25.0 Å². The average Bonchev–Trinajstić information content (AvgIpc) is 3.09. The van der Waals surface area contributed by atoms with Crippen LogP contribution in [0.2, 0.25) is 0 Å². The predicted molar refractivity (Wildman–Crippen MR) is 114 cm³/mol. The zero-order valence-corrected chi connectivity index (χ0v) is 18.2. The fourth-order valence-corrected chi connectivity index (χ4v) is 2.19. The van der Waals surface area contributed by atoms with Crippen molar-refractivity contribution in [2.24, 2.45) is 4.99 Å². The van der Waals surface area contributed by atoms with Gasteiger partial charge in [0.15, 0.2) is 23.2 Å². The van der Waals surface area contributed by atoms with Crippen LogP contribution in [0.3, 0.4) is 0 Å². The summed E-state index contributed by atoms with van der Waals surface area (Å²) in [7, 11) is 3.22. The number of methoxy groups -OCH3 is 2. The summed E-state index contributed by atoms with van der Waals surface area (Å²) in [5, 5.41) is 10.5. The van der Waals surface area contributed by atoms with Crippen LogP contribution in [0, 0.1) is 0 Å². The van der Waals surface area contributed by atoms with Gasteiger partial charge in [-0.25, -0.2) is 4.99 Å². The Balaban J connectivity index is 0.00000338. The lowest BCUT2D eigenvalue weighted by molar-refractivity contribution is 0.355. The predicted octanol–water partition coefficient (Wildman–Crippen LogP) is 4.01. The Labute approximate surface area is 171 Å². The molecule has 0 amide bonds. The maximum absolute atomic E-state index is 5.32. The molecule has 0 radical (unpaired) electrons. The minimum atomic E-state index is 0. The van der Waals surface area contributed by atoms with Crippen molar-refractivity contribution in [1.82, 2.24) is 10.5 Å². The number of hydrogen-bond donors (Lipinski definition) is 2. The number of aliphatic imine (C=N–C) groups is 1. The molecule has 2 aromatic rings. The van der Waals surface area contributed by atoms with Crippen LogP contribution in [-0.4, -0.2) is 31.9 Å². The minimum Gasteiger partial charge on any atom is -0.493 e. The van der Waals surface area contributed by atoms with Crippen LogP contribution in [-0.2, 0) is 6.54 Å². The molecule has 7 nitrogen and oxygen atoms in total. The zero-order chi connectivity index (χ0) is 18.2. The zero-order valence-electron chi connectivity index (χ0n) is 15.8. The van der Waals surface area contributed by atoms with Crippen LogP contribution < -0.4 is 20.1 Å². The van der Waals surface area contributed by atoms with E-state index in [9.17, 15) is 0 Å². The summed E-state index contributed by atoms with van der Waals surface area (Å²) >= 11 is 0. The van der Waals surface area contributed by atoms with Gasteiger partial charge in [0.1, 0.15) is 6.54 Å². The van der Waals surface area contributed by atoms with E-state index in [4.69, 9.17) is 14.0 Å². The Kier molecular flexibility index (Phi) is 9.25. The van der Waals surface area contributed by atoms with Gasteiger partial charge in [-0.1, -0.05) is 19.0 Å². The van der Waals surface area contributed by atoms with Gasteiger partial charge in [-0.15, -0.1) is 24.0 Å². The van der Waals surface area contributed by atoms with Crippen molar-refractivity contribution < 1.29 is 14.0 Å². The number of nitrogens with one attached hydrogen (secondary N) is 2. The first kappa shape index (κ1) is 22.1.